The Kier molecular flexibility index (Phi) is 12.2. The van der Waals surface area contributed by atoms with E-state index in [4.69, 9.17) is 21.5 Å². The summed E-state index contributed by atoms with van der Waals surface area (Å²) in [7, 11) is 0. The molecule has 0 aliphatic carbocycles. The van der Waals surface area contributed by atoms with Gasteiger partial charge < -0.3 is 14.4 Å². The van der Waals surface area contributed by atoms with E-state index in [2.05, 4.69) is 266 Å². The number of nitrogens with zero attached hydrogens (tertiary/aromatic N) is 8. The van der Waals surface area contributed by atoms with Crippen LogP contribution in [0, 0.1) is 6.57 Å². The van der Waals surface area contributed by atoms with E-state index in [-0.39, 0.29) is 10.8 Å². The van der Waals surface area contributed by atoms with Crippen molar-refractivity contribution in [2.24, 2.45) is 0 Å². The highest BCUT2D eigenvalue weighted by molar-refractivity contribution is 6.13. The highest BCUT2D eigenvalue weighted by Gasteiger charge is 2.26. The molecule has 3 heterocycles. The summed E-state index contributed by atoms with van der Waals surface area (Å²) in [4.78, 5) is 24.9. The Morgan fingerprint density at radius 3 is 1.18 bits per heavy atom. The molecule has 0 amide bonds. The Labute approximate surface area is 467 Å². The summed E-state index contributed by atoms with van der Waals surface area (Å²) in [5.74, 6) is 1.46. The topological polar surface area (TPSA) is 59.4 Å². The van der Waals surface area contributed by atoms with Gasteiger partial charge in [0.25, 0.3) is 0 Å². The molecule has 0 aliphatic rings. The van der Waals surface area contributed by atoms with Crippen molar-refractivity contribution in [3.8, 4) is 34.4 Å². The van der Waals surface area contributed by atoms with Crippen LogP contribution < -0.4 is 9.80 Å². The molecule has 0 fully saturated rings. The molecule has 0 saturated carbocycles. The lowest BCUT2D eigenvalue weighted by atomic mass is 9.85. The van der Waals surface area contributed by atoms with Crippen LogP contribution in [-0.2, 0) is 10.8 Å². The summed E-state index contributed by atoms with van der Waals surface area (Å²) in [5.41, 5.74) is 15.4. The van der Waals surface area contributed by atoms with Gasteiger partial charge in [0.05, 0.1) is 34.3 Å². The molecule has 13 aromatic rings. The SMILES string of the molecule is [C-]#[N+]c1ccc(-n2c3ccc(N(c4ccccc4)c4ccccc4)cc3c3cc(N(c4ccccc4)c4ccccc4)ccc32)c(-c2nc(-c3ccccc3)nc(-n3c4ccc(C(C)(C)C)cc4c4cc(C(C)(C)C)ccc43)n2)c1. The lowest BCUT2D eigenvalue weighted by Gasteiger charge is -2.26. The maximum absolute atomic E-state index is 8.41. The van der Waals surface area contributed by atoms with Gasteiger partial charge in [-0.25, -0.2) is 9.83 Å². The molecule has 3 aromatic heterocycles. The Hall–Kier alpha value is -10.1. The first-order valence-electron chi connectivity index (χ1n) is 27.2. The first-order chi connectivity index (χ1) is 38.9. The average Bonchev–Trinajstić information content (AvgIpc) is 4.18. The lowest BCUT2D eigenvalue weighted by molar-refractivity contribution is 0.590. The van der Waals surface area contributed by atoms with Crippen molar-refractivity contribution in [2.75, 3.05) is 9.80 Å². The number of para-hydroxylation sites is 4. The molecule has 10 aromatic carbocycles. The summed E-state index contributed by atoms with van der Waals surface area (Å²) in [5, 5.41) is 4.37. The molecular formula is C72H58N8. The third-order valence-corrected chi connectivity index (χ3v) is 15.2. The Bertz CT molecular complexity index is 4200. The predicted octanol–water partition coefficient (Wildman–Crippen LogP) is 19.5. The Morgan fingerprint density at radius 1 is 0.362 bits per heavy atom. The van der Waals surface area contributed by atoms with Crippen LogP contribution >= 0.6 is 0 Å². The fourth-order valence-electron chi connectivity index (χ4n) is 11.2. The zero-order valence-electron chi connectivity index (χ0n) is 45.7. The van der Waals surface area contributed by atoms with E-state index in [1.807, 2.05) is 42.5 Å². The molecule has 8 heteroatoms. The van der Waals surface area contributed by atoms with Gasteiger partial charge in [0.1, 0.15) is 0 Å². The quantitative estimate of drug-likeness (QED) is 0.128. The van der Waals surface area contributed by atoms with E-state index in [0.717, 1.165) is 89.0 Å². The third kappa shape index (κ3) is 8.89. The van der Waals surface area contributed by atoms with Gasteiger partial charge >= 0.3 is 0 Å². The van der Waals surface area contributed by atoms with E-state index < -0.39 is 0 Å². The van der Waals surface area contributed by atoms with Gasteiger partial charge in [0.2, 0.25) is 5.95 Å². The van der Waals surface area contributed by atoms with Crippen LogP contribution in [0.4, 0.5) is 39.8 Å². The number of aromatic nitrogens is 5. The average molecular weight is 1040 g/mol. The zero-order chi connectivity index (χ0) is 54.7. The molecule has 13 rings (SSSR count). The number of fused-ring (bicyclic) bond motifs is 6. The molecule has 8 nitrogen and oxygen atoms in total. The minimum absolute atomic E-state index is 0.0718. The summed E-state index contributed by atoms with van der Waals surface area (Å²) in [6.07, 6.45) is 0. The number of anilines is 6. The molecule has 0 unspecified atom stereocenters. The van der Waals surface area contributed by atoms with Crippen molar-refractivity contribution in [1.82, 2.24) is 24.1 Å². The highest BCUT2D eigenvalue weighted by atomic mass is 15.2. The molecule has 0 atom stereocenters. The molecule has 0 aliphatic heterocycles. The first-order valence-corrected chi connectivity index (χ1v) is 27.2. The smallest absolute Gasteiger partial charge is 0.238 e. The maximum Gasteiger partial charge on any atom is 0.238 e. The van der Waals surface area contributed by atoms with Crippen molar-refractivity contribution < 1.29 is 0 Å². The lowest BCUT2D eigenvalue weighted by Crippen LogP contribution is -2.11. The largest absolute Gasteiger partial charge is 0.310 e. The highest BCUT2D eigenvalue weighted by Crippen LogP contribution is 2.45. The fraction of sp³-hybridized carbons (Fsp3) is 0.111. The summed E-state index contributed by atoms with van der Waals surface area (Å²) in [6, 6.07) is 85.2. The molecular weight excluding hydrogens is 977 g/mol. The normalized spacial score (nSPS) is 11.9. The van der Waals surface area contributed by atoms with Crippen LogP contribution in [-0.4, -0.2) is 24.1 Å². The monoisotopic (exact) mass is 1030 g/mol. The Balaban J connectivity index is 1.09. The van der Waals surface area contributed by atoms with Gasteiger partial charge in [0, 0.05) is 66.8 Å². The Morgan fingerprint density at radius 2 is 0.750 bits per heavy atom. The molecule has 0 spiro atoms. The molecule has 80 heavy (non-hydrogen) atoms. The van der Waals surface area contributed by atoms with E-state index in [9.17, 15) is 0 Å². The molecule has 386 valence electrons. The first kappa shape index (κ1) is 49.5. The second-order valence-corrected chi connectivity index (χ2v) is 22.5. The van der Waals surface area contributed by atoms with Crippen molar-refractivity contribution >= 4 is 83.4 Å². The molecule has 0 saturated heterocycles. The number of benzene rings is 10. The third-order valence-electron chi connectivity index (χ3n) is 15.2. The van der Waals surface area contributed by atoms with Crippen LogP contribution in [0.2, 0.25) is 0 Å². The summed E-state index contributed by atoms with van der Waals surface area (Å²) < 4.78 is 4.51. The van der Waals surface area contributed by atoms with Crippen LogP contribution in [0.3, 0.4) is 0 Å². The molecule has 0 bridgehead atoms. The zero-order valence-corrected chi connectivity index (χ0v) is 45.7. The predicted molar refractivity (Wildman–Crippen MR) is 332 cm³/mol. The van der Waals surface area contributed by atoms with Gasteiger partial charge in [-0.15, -0.1) is 0 Å². The van der Waals surface area contributed by atoms with E-state index in [0.29, 0.717) is 28.8 Å². The van der Waals surface area contributed by atoms with Gasteiger partial charge in [-0.3, -0.25) is 4.57 Å². The van der Waals surface area contributed by atoms with Crippen molar-refractivity contribution in [2.45, 2.75) is 52.4 Å². The van der Waals surface area contributed by atoms with Crippen molar-refractivity contribution in [3.05, 3.63) is 265 Å². The van der Waals surface area contributed by atoms with Gasteiger partial charge in [0.15, 0.2) is 17.3 Å². The van der Waals surface area contributed by atoms with Crippen LogP contribution in [0.5, 0.6) is 0 Å². The standard InChI is InChI=1S/C72H58N8/c1-71(2,3)49-33-38-65-58(43-49)59-44-50(72(4,5)6)34-39-66(59)80(65)70-75-68(48-23-13-8-14-24-48)74-69(76-70)62-45-51(73-7)35-40-67(62)79-63-41-36-56(77(52-25-15-9-16-26-52)53-27-17-10-18-28-53)46-60(63)61-47-57(37-42-64(61)79)78(54-29-19-11-20-30-54)55-31-21-12-22-32-55/h8-47H,1-6H3. The van der Waals surface area contributed by atoms with Crippen LogP contribution in [0.15, 0.2) is 243 Å². The number of rotatable bonds is 10. The minimum atomic E-state index is -0.0718. The number of hydrogen-bond acceptors (Lipinski definition) is 5. The molecule has 0 N–H and O–H groups in total. The van der Waals surface area contributed by atoms with Crippen molar-refractivity contribution in [1.29, 1.82) is 0 Å². The van der Waals surface area contributed by atoms with Crippen LogP contribution in [0.1, 0.15) is 52.7 Å². The van der Waals surface area contributed by atoms with Gasteiger partial charge in [-0.1, -0.05) is 163 Å². The van der Waals surface area contributed by atoms with E-state index >= 15 is 0 Å². The van der Waals surface area contributed by atoms with Gasteiger partial charge in [-0.2, -0.15) is 9.97 Å². The van der Waals surface area contributed by atoms with Crippen molar-refractivity contribution in [3.63, 3.8) is 0 Å². The summed E-state index contributed by atoms with van der Waals surface area (Å²) in [6.45, 7) is 22.0. The second kappa shape index (κ2) is 19.7. The number of hydrogen-bond donors (Lipinski definition) is 0. The minimum Gasteiger partial charge on any atom is -0.310 e. The van der Waals surface area contributed by atoms with E-state index in [1.165, 1.54) is 11.1 Å². The van der Waals surface area contributed by atoms with Gasteiger partial charge in [-0.05, 0) is 143 Å². The summed E-state index contributed by atoms with van der Waals surface area (Å²) >= 11 is 0. The fourth-order valence-corrected chi connectivity index (χ4v) is 11.2. The second-order valence-electron chi connectivity index (χ2n) is 22.5. The maximum atomic E-state index is 8.41. The van der Waals surface area contributed by atoms with E-state index in [1.54, 1.807) is 0 Å². The molecule has 0 radical (unpaired) electrons. The van der Waals surface area contributed by atoms with Crippen LogP contribution in [0.25, 0.3) is 82.9 Å².